The summed E-state index contributed by atoms with van der Waals surface area (Å²) in [5.74, 6) is 1.34. The van der Waals surface area contributed by atoms with Crippen molar-refractivity contribution in [3.63, 3.8) is 0 Å². The first kappa shape index (κ1) is 29.4. The van der Waals surface area contributed by atoms with Gasteiger partial charge in [0.1, 0.15) is 11.8 Å². The van der Waals surface area contributed by atoms with Gasteiger partial charge in [-0.2, -0.15) is 0 Å². The number of aromatic nitrogens is 1. The van der Waals surface area contributed by atoms with Crippen LogP contribution in [0.5, 0.6) is 17.2 Å². The van der Waals surface area contributed by atoms with Crippen LogP contribution in [0.25, 0.3) is 6.08 Å². The number of allylic oxidation sites excluding steroid dienone is 1. The second-order valence-electron chi connectivity index (χ2n) is 9.50. The van der Waals surface area contributed by atoms with Crippen molar-refractivity contribution in [3.8, 4) is 17.2 Å². The maximum absolute atomic E-state index is 14.0. The molecule has 1 amide bonds. The standard InChI is InChI=1S/C30H34ClN3O5S/c1-8-33(9-2)29(36)25-18(5)32-30-34(26(25)20-12-10-11-13-22(20)37-6)28(35)24(40-30)16-19-14-21(31)27(39-17(3)4)23(15-19)38-7/h10-17,26H,8-9H2,1-7H3/b24-16+/t26-/m0/s1. The van der Waals surface area contributed by atoms with E-state index < -0.39 is 6.04 Å². The number of amides is 1. The number of benzene rings is 2. The lowest BCUT2D eigenvalue weighted by Gasteiger charge is -2.29. The van der Waals surface area contributed by atoms with Crippen LogP contribution in [0.2, 0.25) is 5.02 Å². The number of hydrogen-bond donors (Lipinski definition) is 0. The number of thiazole rings is 1. The number of rotatable bonds is 9. The fourth-order valence-corrected chi connectivity index (χ4v) is 6.10. The molecule has 0 saturated carbocycles. The van der Waals surface area contributed by atoms with Crippen LogP contribution in [-0.2, 0) is 4.79 Å². The SMILES string of the molecule is CCN(CC)C(=O)C1=C(C)N=c2s/c(=C/c3cc(Cl)c(OC(C)C)c(OC)c3)c(=O)n2[C@H]1c1ccccc1OC. The fraction of sp³-hybridized carbons (Fsp3) is 0.367. The van der Waals surface area contributed by atoms with Crippen molar-refractivity contribution in [2.75, 3.05) is 27.3 Å². The summed E-state index contributed by atoms with van der Waals surface area (Å²) >= 11 is 7.80. The Morgan fingerprint density at radius 3 is 2.45 bits per heavy atom. The minimum atomic E-state index is -0.706. The van der Waals surface area contributed by atoms with Gasteiger partial charge in [0.05, 0.1) is 41.1 Å². The third-order valence-corrected chi connectivity index (χ3v) is 7.90. The maximum Gasteiger partial charge on any atom is 0.271 e. The van der Waals surface area contributed by atoms with E-state index in [9.17, 15) is 9.59 Å². The van der Waals surface area contributed by atoms with Gasteiger partial charge in [-0.15, -0.1) is 0 Å². The van der Waals surface area contributed by atoms with E-state index in [1.165, 1.54) is 11.3 Å². The van der Waals surface area contributed by atoms with Crippen molar-refractivity contribution in [1.29, 1.82) is 0 Å². The summed E-state index contributed by atoms with van der Waals surface area (Å²) in [4.78, 5) is 34.8. The topological polar surface area (TPSA) is 82.4 Å². The highest BCUT2D eigenvalue weighted by Gasteiger charge is 2.35. The highest BCUT2D eigenvalue weighted by atomic mass is 35.5. The van der Waals surface area contributed by atoms with Crippen LogP contribution < -0.4 is 29.1 Å². The summed E-state index contributed by atoms with van der Waals surface area (Å²) in [5.41, 5.74) is 2.14. The first-order valence-electron chi connectivity index (χ1n) is 13.1. The molecule has 4 rings (SSSR count). The normalized spacial score (nSPS) is 15.1. The summed E-state index contributed by atoms with van der Waals surface area (Å²) in [5, 5.41) is 0.377. The molecule has 40 heavy (non-hydrogen) atoms. The number of carbonyl (C=O) groups excluding carboxylic acids is 1. The Hall–Kier alpha value is -3.56. The number of hydrogen-bond acceptors (Lipinski definition) is 7. The second-order valence-corrected chi connectivity index (χ2v) is 10.9. The van der Waals surface area contributed by atoms with Gasteiger partial charge in [0.15, 0.2) is 16.3 Å². The minimum absolute atomic E-state index is 0.0904. The predicted molar refractivity (Wildman–Crippen MR) is 158 cm³/mol. The molecular weight excluding hydrogens is 550 g/mol. The van der Waals surface area contributed by atoms with Gasteiger partial charge in [0.25, 0.3) is 11.5 Å². The summed E-state index contributed by atoms with van der Waals surface area (Å²) < 4.78 is 19.1. The zero-order valence-corrected chi connectivity index (χ0v) is 25.4. The van der Waals surface area contributed by atoms with Gasteiger partial charge >= 0.3 is 0 Å². The molecule has 1 aliphatic heterocycles. The van der Waals surface area contributed by atoms with Crippen molar-refractivity contribution < 1.29 is 19.0 Å². The van der Waals surface area contributed by atoms with E-state index >= 15 is 0 Å². The van der Waals surface area contributed by atoms with Crippen LogP contribution in [0.15, 0.2) is 57.5 Å². The van der Waals surface area contributed by atoms with Crippen LogP contribution in [0.1, 0.15) is 51.8 Å². The molecule has 0 saturated heterocycles. The summed E-state index contributed by atoms with van der Waals surface area (Å²) in [6, 6.07) is 10.2. The number of methoxy groups -OCH3 is 2. The molecule has 1 aromatic heterocycles. The Morgan fingerprint density at radius 1 is 1.15 bits per heavy atom. The number of ether oxygens (including phenoxy) is 3. The maximum atomic E-state index is 14.0. The van der Waals surface area contributed by atoms with Gasteiger partial charge in [-0.1, -0.05) is 41.1 Å². The van der Waals surface area contributed by atoms with Crippen molar-refractivity contribution in [3.05, 3.63) is 83.5 Å². The fourth-order valence-electron chi connectivity index (χ4n) is 4.79. The zero-order valence-electron chi connectivity index (χ0n) is 23.8. The summed E-state index contributed by atoms with van der Waals surface area (Å²) in [7, 11) is 3.12. The number of para-hydroxylation sites is 1. The van der Waals surface area contributed by atoms with Gasteiger partial charge < -0.3 is 19.1 Å². The molecule has 0 spiro atoms. The van der Waals surface area contributed by atoms with E-state index in [0.717, 1.165) is 0 Å². The molecule has 1 aliphatic rings. The highest BCUT2D eigenvalue weighted by Crippen LogP contribution is 2.38. The summed E-state index contributed by atoms with van der Waals surface area (Å²) in [6.07, 6.45) is 1.66. The monoisotopic (exact) mass is 583 g/mol. The van der Waals surface area contributed by atoms with Gasteiger partial charge in [-0.05, 0) is 64.5 Å². The molecule has 2 aromatic carbocycles. The molecule has 0 radical (unpaired) electrons. The average Bonchev–Trinajstić information content (AvgIpc) is 3.23. The van der Waals surface area contributed by atoms with Crippen LogP contribution in [0, 0.1) is 0 Å². The van der Waals surface area contributed by atoms with E-state index in [-0.39, 0.29) is 17.6 Å². The molecule has 2 heterocycles. The first-order chi connectivity index (χ1) is 19.1. The molecule has 0 aliphatic carbocycles. The Bertz CT molecular complexity index is 1640. The van der Waals surface area contributed by atoms with E-state index in [0.29, 0.717) is 67.1 Å². The third-order valence-electron chi connectivity index (χ3n) is 6.64. The largest absolute Gasteiger partial charge is 0.496 e. The van der Waals surface area contributed by atoms with Crippen LogP contribution in [0.3, 0.4) is 0 Å². The lowest BCUT2D eigenvalue weighted by atomic mass is 9.94. The smallest absolute Gasteiger partial charge is 0.271 e. The third kappa shape index (κ3) is 5.53. The number of likely N-dealkylation sites (N-methyl/N-ethyl adjacent to an activating group) is 1. The van der Waals surface area contributed by atoms with Gasteiger partial charge in [0.2, 0.25) is 0 Å². The molecule has 1 atom stereocenters. The molecule has 8 nitrogen and oxygen atoms in total. The van der Waals surface area contributed by atoms with Crippen LogP contribution in [0.4, 0.5) is 0 Å². The molecule has 212 valence electrons. The molecule has 10 heteroatoms. The number of carbonyl (C=O) groups is 1. The minimum Gasteiger partial charge on any atom is -0.496 e. The van der Waals surface area contributed by atoms with E-state index in [2.05, 4.69) is 0 Å². The average molecular weight is 584 g/mol. The zero-order chi connectivity index (χ0) is 29.1. The van der Waals surface area contributed by atoms with E-state index in [1.807, 2.05) is 58.9 Å². The Balaban J connectivity index is 1.96. The summed E-state index contributed by atoms with van der Waals surface area (Å²) in [6.45, 7) is 10.6. The lowest BCUT2D eigenvalue weighted by Crippen LogP contribution is -2.43. The molecular formula is C30H34ClN3O5S. The highest BCUT2D eigenvalue weighted by molar-refractivity contribution is 7.07. The van der Waals surface area contributed by atoms with Crippen LogP contribution >= 0.6 is 22.9 Å². The van der Waals surface area contributed by atoms with Crippen molar-refractivity contribution in [2.45, 2.75) is 46.8 Å². The number of nitrogens with zero attached hydrogens (tertiary/aromatic N) is 3. The number of halogens is 1. The van der Waals surface area contributed by atoms with Crippen molar-refractivity contribution >= 4 is 34.9 Å². The quantitative estimate of drug-likeness (QED) is 0.369. The molecule has 0 unspecified atom stereocenters. The first-order valence-corrected chi connectivity index (χ1v) is 14.3. The Kier molecular flexibility index (Phi) is 9.05. The van der Waals surface area contributed by atoms with Gasteiger partial charge in [-0.3, -0.25) is 14.2 Å². The Morgan fingerprint density at radius 2 is 1.82 bits per heavy atom. The van der Waals surface area contributed by atoms with E-state index in [4.69, 9.17) is 30.8 Å². The second kappa shape index (κ2) is 12.3. The predicted octanol–water partition coefficient (Wildman–Crippen LogP) is 4.56. The van der Waals surface area contributed by atoms with Crippen molar-refractivity contribution in [1.82, 2.24) is 9.47 Å². The van der Waals surface area contributed by atoms with Gasteiger partial charge in [0, 0.05) is 18.7 Å². The molecule has 0 bridgehead atoms. The Labute approximate surface area is 242 Å². The van der Waals surface area contributed by atoms with E-state index in [1.54, 1.807) is 41.9 Å². The molecule has 0 fully saturated rings. The van der Waals surface area contributed by atoms with Gasteiger partial charge in [-0.25, -0.2) is 4.99 Å². The number of fused-ring (bicyclic) bond motifs is 1. The molecule has 3 aromatic rings. The molecule has 0 N–H and O–H groups in total. The van der Waals surface area contributed by atoms with Crippen molar-refractivity contribution in [2.24, 2.45) is 4.99 Å². The van der Waals surface area contributed by atoms with Crippen LogP contribution in [-0.4, -0.2) is 48.8 Å². The lowest BCUT2D eigenvalue weighted by molar-refractivity contribution is -0.127.